The monoisotopic (exact) mass is 428 g/mol. The molecule has 0 spiro atoms. The summed E-state index contributed by atoms with van der Waals surface area (Å²) in [5.74, 6) is 0.156. The van der Waals surface area contributed by atoms with Crippen LogP contribution >= 0.6 is 0 Å². The molecule has 0 amide bonds. The normalized spacial score (nSPS) is 22.3. The van der Waals surface area contributed by atoms with E-state index in [2.05, 4.69) is 6.58 Å². The van der Waals surface area contributed by atoms with Gasteiger partial charge in [0.05, 0.1) is 13.7 Å². The van der Waals surface area contributed by atoms with Crippen molar-refractivity contribution in [2.75, 3.05) is 7.11 Å². The molecule has 1 aliphatic carbocycles. The summed E-state index contributed by atoms with van der Waals surface area (Å²) < 4.78 is 5.60. The van der Waals surface area contributed by atoms with Crippen LogP contribution in [-0.4, -0.2) is 30.6 Å². The van der Waals surface area contributed by atoms with E-state index >= 15 is 0 Å². The Kier molecular flexibility index (Phi) is 5.31. The number of carbonyl (C=O) groups excluding carboxylic acids is 3. The average Bonchev–Trinajstić information content (AvgIpc) is 2.83. The maximum absolute atomic E-state index is 14.0. The number of carbonyl (C=O) groups is 3. The molecule has 0 saturated carbocycles. The number of rotatable bonds is 6. The van der Waals surface area contributed by atoms with E-state index in [1.807, 2.05) is 12.1 Å². The van der Waals surface area contributed by atoms with Crippen LogP contribution in [0, 0.1) is 5.41 Å². The molecule has 4 rings (SSSR count). The van der Waals surface area contributed by atoms with Gasteiger partial charge in [-0.05, 0) is 53.1 Å². The number of aldehydes is 2. The molecule has 0 fully saturated rings. The number of aliphatic hydroxyl groups excluding tert-OH is 1. The van der Waals surface area contributed by atoms with Crippen molar-refractivity contribution in [1.82, 2.24) is 0 Å². The van der Waals surface area contributed by atoms with E-state index in [1.165, 1.54) is 7.11 Å². The molecule has 5 heteroatoms. The summed E-state index contributed by atoms with van der Waals surface area (Å²) in [6.07, 6.45) is 3.41. The van der Waals surface area contributed by atoms with Gasteiger partial charge in [0.25, 0.3) is 0 Å². The highest BCUT2D eigenvalue weighted by Crippen LogP contribution is 2.48. The molecule has 3 aromatic rings. The number of hydrogen-bond acceptors (Lipinski definition) is 5. The molecule has 0 saturated heterocycles. The number of methoxy groups -OCH3 is 1. The van der Waals surface area contributed by atoms with Crippen molar-refractivity contribution in [2.45, 2.75) is 25.4 Å². The van der Waals surface area contributed by atoms with Gasteiger partial charge in [0.2, 0.25) is 0 Å². The van der Waals surface area contributed by atoms with Crippen LogP contribution in [0.5, 0.6) is 5.75 Å². The molecular weight excluding hydrogens is 404 g/mol. The van der Waals surface area contributed by atoms with Gasteiger partial charge in [0, 0.05) is 16.4 Å². The zero-order chi connectivity index (χ0) is 23.1. The van der Waals surface area contributed by atoms with Crippen molar-refractivity contribution < 1.29 is 24.2 Å². The van der Waals surface area contributed by atoms with E-state index in [9.17, 15) is 19.5 Å². The second-order valence-electron chi connectivity index (χ2n) is 8.40. The maximum Gasteiger partial charge on any atom is 0.164 e. The lowest BCUT2D eigenvalue weighted by atomic mass is 9.57. The van der Waals surface area contributed by atoms with Crippen molar-refractivity contribution in [3.05, 3.63) is 89.0 Å². The Bertz CT molecular complexity index is 1270. The molecule has 0 bridgehead atoms. The second kappa shape index (κ2) is 7.84. The van der Waals surface area contributed by atoms with E-state index in [-0.39, 0.29) is 12.4 Å². The number of ketones is 1. The van der Waals surface area contributed by atoms with Gasteiger partial charge in [-0.25, -0.2) is 0 Å². The van der Waals surface area contributed by atoms with Crippen LogP contribution in [0.4, 0.5) is 0 Å². The van der Waals surface area contributed by atoms with Crippen LogP contribution in [0.1, 0.15) is 39.5 Å². The maximum atomic E-state index is 14.0. The van der Waals surface area contributed by atoms with Gasteiger partial charge < -0.3 is 14.6 Å². The molecule has 0 radical (unpaired) electrons. The summed E-state index contributed by atoms with van der Waals surface area (Å²) in [6.45, 7) is 5.34. The molecule has 32 heavy (non-hydrogen) atoms. The molecule has 2 unspecified atom stereocenters. The highest BCUT2D eigenvalue weighted by molar-refractivity contribution is 6.14. The van der Waals surface area contributed by atoms with Gasteiger partial charge >= 0.3 is 0 Å². The number of Topliss-reactive ketones (excluding diaryl/α,β-unsaturated/α-hetero) is 1. The van der Waals surface area contributed by atoms with Crippen LogP contribution < -0.4 is 4.74 Å². The number of fused-ring (bicyclic) bond motifs is 2. The molecule has 162 valence electrons. The number of ether oxygens (including phenoxy) is 1. The van der Waals surface area contributed by atoms with E-state index < -0.39 is 10.8 Å². The largest absolute Gasteiger partial charge is 0.496 e. The minimum atomic E-state index is -1.59. The Morgan fingerprint density at radius 2 is 1.88 bits per heavy atom. The third-order valence-corrected chi connectivity index (χ3v) is 6.70. The first-order chi connectivity index (χ1) is 15.4. The van der Waals surface area contributed by atoms with Gasteiger partial charge in [-0.1, -0.05) is 42.5 Å². The van der Waals surface area contributed by atoms with Gasteiger partial charge in [-0.15, -0.1) is 6.58 Å². The summed E-state index contributed by atoms with van der Waals surface area (Å²) in [5, 5.41) is 10.9. The van der Waals surface area contributed by atoms with E-state index in [4.69, 9.17) is 4.74 Å². The highest BCUT2D eigenvalue weighted by Gasteiger charge is 2.53. The van der Waals surface area contributed by atoms with Gasteiger partial charge in [0.15, 0.2) is 12.1 Å². The predicted molar refractivity (Wildman–Crippen MR) is 122 cm³/mol. The first-order valence-corrected chi connectivity index (χ1v) is 10.3. The van der Waals surface area contributed by atoms with Crippen LogP contribution in [0.2, 0.25) is 0 Å². The van der Waals surface area contributed by atoms with Crippen LogP contribution in [0.3, 0.4) is 0 Å². The summed E-state index contributed by atoms with van der Waals surface area (Å²) in [4.78, 5) is 38.8. The molecule has 2 atom stereocenters. The number of hydrogen-bond donors (Lipinski definition) is 1. The molecule has 0 aliphatic heterocycles. The predicted octanol–water partition coefficient (Wildman–Crippen LogP) is 3.96. The Morgan fingerprint density at radius 1 is 1.12 bits per heavy atom. The van der Waals surface area contributed by atoms with Crippen LogP contribution in [0.25, 0.3) is 10.8 Å². The highest BCUT2D eigenvalue weighted by atomic mass is 16.5. The Morgan fingerprint density at radius 3 is 2.50 bits per heavy atom. The third-order valence-electron chi connectivity index (χ3n) is 6.70. The first kappa shape index (κ1) is 21.7. The first-order valence-electron chi connectivity index (χ1n) is 10.3. The lowest BCUT2D eigenvalue weighted by molar-refractivity contribution is -0.134. The summed E-state index contributed by atoms with van der Waals surface area (Å²) in [5.41, 5.74) is 0.145. The van der Waals surface area contributed by atoms with E-state index in [0.717, 1.165) is 5.56 Å². The fourth-order valence-electron chi connectivity index (χ4n) is 4.89. The smallest absolute Gasteiger partial charge is 0.164 e. The molecule has 5 nitrogen and oxygen atoms in total. The van der Waals surface area contributed by atoms with Crippen molar-refractivity contribution in [1.29, 1.82) is 0 Å². The van der Waals surface area contributed by atoms with Crippen molar-refractivity contribution >= 4 is 29.1 Å². The minimum absolute atomic E-state index is 0.277. The van der Waals surface area contributed by atoms with Crippen molar-refractivity contribution in [2.24, 2.45) is 5.41 Å². The van der Waals surface area contributed by atoms with Gasteiger partial charge in [-0.3, -0.25) is 9.59 Å². The lowest BCUT2D eigenvalue weighted by Crippen LogP contribution is -2.51. The SMILES string of the molecule is C=CC1(C)Cc2ccccc2C(C=O)(c2cc(OC)c3ccc(CO)c(C=O)c3c2)C1=O. The minimum Gasteiger partial charge on any atom is -0.496 e. The average molecular weight is 428 g/mol. The topological polar surface area (TPSA) is 80.7 Å². The fourth-order valence-corrected chi connectivity index (χ4v) is 4.89. The van der Waals surface area contributed by atoms with Crippen LogP contribution in [0.15, 0.2) is 61.2 Å². The fraction of sp³-hybridized carbons (Fsp3) is 0.222. The quantitative estimate of drug-likeness (QED) is 0.365. The molecule has 1 aliphatic rings. The van der Waals surface area contributed by atoms with E-state index in [1.54, 1.807) is 49.4 Å². The van der Waals surface area contributed by atoms with Crippen molar-refractivity contribution in [3.63, 3.8) is 0 Å². The zero-order valence-corrected chi connectivity index (χ0v) is 18.1. The number of allylic oxidation sites excluding steroid dienone is 1. The van der Waals surface area contributed by atoms with Gasteiger partial charge in [0.1, 0.15) is 17.5 Å². The summed E-state index contributed by atoms with van der Waals surface area (Å²) in [7, 11) is 1.50. The molecule has 3 aromatic carbocycles. The Balaban J connectivity index is 2.16. The van der Waals surface area contributed by atoms with Crippen molar-refractivity contribution in [3.8, 4) is 5.75 Å². The number of benzene rings is 3. The molecule has 1 N–H and O–H groups in total. The third kappa shape index (κ3) is 2.85. The van der Waals surface area contributed by atoms with E-state index in [0.29, 0.717) is 57.8 Å². The Labute approximate surface area is 186 Å². The molecule has 0 aromatic heterocycles. The molecular formula is C27H24O5. The summed E-state index contributed by atoms with van der Waals surface area (Å²) in [6, 6.07) is 14.2. The number of aliphatic hydroxyl groups is 1. The lowest BCUT2D eigenvalue weighted by Gasteiger charge is -2.42. The van der Waals surface area contributed by atoms with Crippen LogP contribution in [-0.2, 0) is 28.0 Å². The Hall–Kier alpha value is -3.57. The van der Waals surface area contributed by atoms with Gasteiger partial charge in [-0.2, -0.15) is 0 Å². The summed E-state index contributed by atoms with van der Waals surface area (Å²) >= 11 is 0. The zero-order valence-electron chi connectivity index (χ0n) is 18.1. The standard InChI is InChI=1S/C27H24O5/c1-4-26(2)13-17-7-5-6-8-23(17)27(16-30,25(26)31)19-11-21-20(24(12-19)32-3)10-9-18(14-28)22(21)15-29/h4-12,15-16,28H,1,13-14H2,2-3H3. The second-order valence-corrected chi connectivity index (χ2v) is 8.40. The molecule has 0 heterocycles.